The summed E-state index contributed by atoms with van der Waals surface area (Å²) in [5.41, 5.74) is 12.1. The van der Waals surface area contributed by atoms with E-state index >= 15 is 0 Å². The molecule has 2 amide bonds. The summed E-state index contributed by atoms with van der Waals surface area (Å²) >= 11 is 0. The molecule has 8 heteroatoms. The molecule has 1 aromatic rings. The number of aliphatic imine (C=N–C) groups is 1. The van der Waals surface area contributed by atoms with E-state index in [2.05, 4.69) is 4.99 Å². The second-order valence-corrected chi connectivity index (χ2v) is 5.01. The average Bonchev–Trinajstić information content (AvgIpc) is 2.49. The fourth-order valence-electron chi connectivity index (χ4n) is 2.26. The van der Waals surface area contributed by atoms with Gasteiger partial charge < -0.3 is 31.2 Å². The summed E-state index contributed by atoms with van der Waals surface area (Å²) in [6.07, 6.45) is -0.935. The molecule has 1 fully saturated rings. The molecule has 118 valence electrons. The van der Waals surface area contributed by atoms with Crippen LogP contribution in [0.1, 0.15) is 5.56 Å². The lowest BCUT2D eigenvalue weighted by atomic mass is 10.1. The molecule has 0 saturated carbocycles. The van der Waals surface area contributed by atoms with Crippen LogP contribution in [0.4, 0.5) is 10.5 Å². The number of benzene rings is 1. The minimum atomic E-state index is -1.19. The number of amides is 2. The van der Waals surface area contributed by atoms with Gasteiger partial charge in [-0.05, 0) is 17.7 Å². The Bertz CT molecular complexity index is 573. The number of nitrogens with two attached hydrogens (primary N) is 2. The van der Waals surface area contributed by atoms with Gasteiger partial charge in [-0.15, -0.1) is 0 Å². The van der Waals surface area contributed by atoms with Crippen molar-refractivity contribution < 1.29 is 14.7 Å². The lowest BCUT2D eigenvalue weighted by molar-refractivity contribution is -0.266. The Morgan fingerprint density at radius 1 is 1.05 bits per heavy atom. The van der Waals surface area contributed by atoms with Crippen LogP contribution in [0.25, 0.3) is 0 Å². The van der Waals surface area contributed by atoms with E-state index in [1.54, 1.807) is 29.2 Å². The zero-order chi connectivity index (χ0) is 16.1. The maximum atomic E-state index is 12.2. The third kappa shape index (κ3) is 4.11. The highest BCUT2D eigenvalue weighted by molar-refractivity contribution is 5.80. The standard InChI is InChI=1S/C14H19N5O3/c15-13(16)17-11-3-1-10(2-4-11)9-12(20)18-5-7-19(8-6-18)14(21)22/h1-4H,5-9H2,(H,21,22)(H4,15,16,17)/p-1. The summed E-state index contributed by atoms with van der Waals surface area (Å²) in [6.45, 7) is 1.35. The van der Waals surface area contributed by atoms with Crippen molar-refractivity contribution in [3.05, 3.63) is 29.8 Å². The van der Waals surface area contributed by atoms with Gasteiger partial charge in [-0.25, -0.2) is 4.99 Å². The van der Waals surface area contributed by atoms with E-state index in [9.17, 15) is 14.7 Å². The Kier molecular flexibility index (Phi) is 4.82. The molecule has 4 N–H and O–H groups in total. The Labute approximate surface area is 128 Å². The first-order valence-corrected chi connectivity index (χ1v) is 6.88. The van der Waals surface area contributed by atoms with E-state index < -0.39 is 6.09 Å². The van der Waals surface area contributed by atoms with Crippen molar-refractivity contribution in [1.29, 1.82) is 0 Å². The zero-order valence-corrected chi connectivity index (χ0v) is 12.1. The number of piperazine rings is 1. The molecule has 8 nitrogen and oxygen atoms in total. The van der Waals surface area contributed by atoms with Gasteiger partial charge in [0, 0.05) is 26.2 Å². The van der Waals surface area contributed by atoms with Crippen molar-refractivity contribution in [3.63, 3.8) is 0 Å². The fourth-order valence-corrected chi connectivity index (χ4v) is 2.26. The Morgan fingerprint density at radius 2 is 1.59 bits per heavy atom. The molecule has 0 atom stereocenters. The van der Waals surface area contributed by atoms with Gasteiger partial charge >= 0.3 is 0 Å². The van der Waals surface area contributed by atoms with E-state index in [-0.39, 0.29) is 31.4 Å². The summed E-state index contributed by atoms with van der Waals surface area (Å²) in [7, 11) is 0. The number of carboxylic acid groups (broad SMARTS) is 1. The van der Waals surface area contributed by atoms with Gasteiger partial charge in [-0.3, -0.25) is 4.79 Å². The minimum Gasteiger partial charge on any atom is -0.530 e. The second kappa shape index (κ2) is 6.79. The van der Waals surface area contributed by atoms with Crippen LogP contribution in [-0.2, 0) is 11.2 Å². The Hall–Kier alpha value is -2.77. The van der Waals surface area contributed by atoms with Gasteiger partial charge in [0.25, 0.3) is 0 Å². The third-order valence-corrected chi connectivity index (χ3v) is 3.44. The molecule has 0 aromatic heterocycles. The largest absolute Gasteiger partial charge is 0.530 e. The molecule has 1 aromatic carbocycles. The quantitative estimate of drug-likeness (QED) is 0.525. The van der Waals surface area contributed by atoms with E-state index in [4.69, 9.17) is 11.5 Å². The van der Waals surface area contributed by atoms with E-state index in [1.807, 2.05) is 0 Å². The number of carbonyl (C=O) groups excluding carboxylic acids is 2. The van der Waals surface area contributed by atoms with E-state index in [0.717, 1.165) is 5.56 Å². The first-order valence-electron chi connectivity index (χ1n) is 6.88. The number of hydrogen-bond acceptors (Lipinski definition) is 4. The van der Waals surface area contributed by atoms with Crippen LogP contribution in [0.3, 0.4) is 0 Å². The van der Waals surface area contributed by atoms with Gasteiger partial charge in [-0.1, -0.05) is 12.1 Å². The van der Waals surface area contributed by atoms with Crippen molar-refractivity contribution in [2.45, 2.75) is 6.42 Å². The Morgan fingerprint density at radius 3 is 2.09 bits per heavy atom. The van der Waals surface area contributed by atoms with Crippen molar-refractivity contribution in [2.24, 2.45) is 16.5 Å². The van der Waals surface area contributed by atoms with Crippen LogP contribution < -0.4 is 16.6 Å². The van der Waals surface area contributed by atoms with Gasteiger partial charge in [0.05, 0.1) is 12.1 Å². The SMILES string of the molecule is NC(N)=Nc1ccc(CC(=O)N2CCN(C(=O)[O-])CC2)cc1. The fraction of sp³-hybridized carbons (Fsp3) is 0.357. The van der Waals surface area contributed by atoms with Gasteiger partial charge in [0.1, 0.15) is 6.09 Å². The highest BCUT2D eigenvalue weighted by atomic mass is 16.4. The van der Waals surface area contributed by atoms with Crippen molar-refractivity contribution in [3.8, 4) is 0 Å². The predicted molar refractivity (Wildman–Crippen MR) is 79.2 cm³/mol. The number of carbonyl (C=O) groups is 2. The molecule has 1 saturated heterocycles. The van der Waals surface area contributed by atoms with E-state index in [0.29, 0.717) is 18.8 Å². The van der Waals surface area contributed by atoms with Crippen LogP contribution in [0.15, 0.2) is 29.3 Å². The maximum absolute atomic E-state index is 12.2. The van der Waals surface area contributed by atoms with Crippen LogP contribution in [0, 0.1) is 0 Å². The summed E-state index contributed by atoms with van der Waals surface area (Å²) in [6, 6.07) is 7.04. The van der Waals surface area contributed by atoms with Crippen molar-refractivity contribution in [1.82, 2.24) is 9.80 Å². The first kappa shape index (κ1) is 15.6. The summed E-state index contributed by atoms with van der Waals surface area (Å²) < 4.78 is 0. The predicted octanol–water partition coefficient (Wildman–Crippen LogP) is -1.38. The van der Waals surface area contributed by atoms with Gasteiger partial charge in [-0.2, -0.15) is 0 Å². The van der Waals surface area contributed by atoms with Crippen LogP contribution in [0.5, 0.6) is 0 Å². The highest BCUT2D eigenvalue weighted by Crippen LogP contribution is 2.14. The smallest absolute Gasteiger partial charge is 0.227 e. The zero-order valence-electron chi connectivity index (χ0n) is 12.1. The second-order valence-electron chi connectivity index (χ2n) is 5.01. The number of hydrogen-bond donors (Lipinski definition) is 2. The summed E-state index contributed by atoms with van der Waals surface area (Å²) in [5.74, 6) is -0.0535. The summed E-state index contributed by atoms with van der Waals surface area (Å²) in [4.78, 5) is 29.7. The maximum Gasteiger partial charge on any atom is 0.227 e. The summed E-state index contributed by atoms with van der Waals surface area (Å²) in [5, 5.41) is 10.7. The average molecular weight is 304 g/mol. The molecule has 0 unspecified atom stereocenters. The topological polar surface area (TPSA) is 128 Å². The molecule has 0 radical (unpaired) electrons. The molecule has 0 bridgehead atoms. The molecular formula is C14H18N5O3-. The number of nitrogens with zero attached hydrogens (tertiary/aromatic N) is 3. The molecule has 1 heterocycles. The lowest BCUT2D eigenvalue weighted by Crippen LogP contribution is -2.54. The Balaban J connectivity index is 1.90. The molecule has 1 aliphatic rings. The minimum absolute atomic E-state index is 0.0189. The number of guanidine groups is 1. The monoisotopic (exact) mass is 304 g/mol. The van der Waals surface area contributed by atoms with Gasteiger partial charge in [0.2, 0.25) is 5.91 Å². The van der Waals surface area contributed by atoms with Crippen LogP contribution >= 0.6 is 0 Å². The van der Waals surface area contributed by atoms with E-state index in [1.165, 1.54) is 4.90 Å². The van der Waals surface area contributed by atoms with Crippen molar-refractivity contribution >= 4 is 23.6 Å². The molecule has 2 rings (SSSR count). The molecule has 0 aliphatic carbocycles. The third-order valence-electron chi connectivity index (χ3n) is 3.44. The highest BCUT2D eigenvalue weighted by Gasteiger charge is 2.20. The molecule has 1 aliphatic heterocycles. The molecule has 0 spiro atoms. The van der Waals surface area contributed by atoms with Crippen LogP contribution in [0.2, 0.25) is 0 Å². The van der Waals surface area contributed by atoms with Gasteiger partial charge in [0.15, 0.2) is 5.96 Å². The molecular weight excluding hydrogens is 286 g/mol. The first-order chi connectivity index (χ1) is 10.5. The van der Waals surface area contributed by atoms with Crippen molar-refractivity contribution in [2.75, 3.05) is 26.2 Å². The number of rotatable bonds is 3. The lowest BCUT2D eigenvalue weighted by Gasteiger charge is -2.36. The molecule has 22 heavy (non-hydrogen) atoms. The van der Waals surface area contributed by atoms with Crippen LogP contribution in [-0.4, -0.2) is 53.9 Å². The normalized spacial score (nSPS) is 14.5.